The Morgan fingerprint density at radius 2 is 1.78 bits per heavy atom. The van der Waals surface area contributed by atoms with Gasteiger partial charge in [-0.15, -0.1) is 0 Å². The second-order valence-corrected chi connectivity index (χ2v) is 5.89. The second kappa shape index (κ2) is 9.57. The highest BCUT2D eigenvalue weighted by molar-refractivity contribution is 9.10. The Kier molecular flexibility index (Phi) is 8.36. The first-order valence-electron chi connectivity index (χ1n) is 7.24. The van der Waals surface area contributed by atoms with Crippen molar-refractivity contribution in [1.29, 1.82) is 0 Å². The third-order valence-electron chi connectivity index (χ3n) is 3.23. The average molecular weight is 312 g/mol. The predicted molar refractivity (Wildman–Crippen MR) is 84.1 cm³/mol. The van der Waals surface area contributed by atoms with Gasteiger partial charge in [0.2, 0.25) is 0 Å². The minimum absolute atomic E-state index is 0.637. The van der Waals surface area contributed by atoms with E-state index in [1.807, 2.05) is 0 Å². The van der Waals surface area contributed by atoms with Gasteiger partial charge in [-0.3, -0.25) is 0 Å². The van der Waals surface area contributed by atoms with E-state index in [1.54, 1.807) is 0 Å². The van der Waals surface area contributed by atoms with Crippen molar-refractivity contribution in [3.63, 3.8) is 0 Å². The molecule has 0 aliphatic heterocycles. The van der Waals surface area contributed by atoms with Crippen molar-refractivity contribution < 1.29 is 0 Å². The molecule has 0 saturated heterocycles. The van der Waals surface area contributed by atoms with Crippen molar-refractivity contribution in [2.24, 2.45) is 0 Å². The molecule has 1 atom stereocenters. The fourth-order valence-electron chi connectivity index (χ4n) is 2.17. The molecule has 0 saturated carbocycles. The minimum atomic E-state index is 0.637. The van der Waals surface area contributed by atoms with Gasteiger partial charge in [0.05, 0.1) is 0 Å². The summed E-state index contributed by atoms with van der Waals surface area (Å²) >= 11 is 3.49. The molecule has 0 radical (unpaired) electrons. The molecule has 0 fully saturated rings. The Bertz CT molecular complexity index is 307. The van der Waals surface area contributed by atoms with E-state index in [0.717, 1.165) is 17.4 Å². The van der Waals surface area contributed by atoms with Crippen LogP contribution in [0.15, 0.2) is 28.7 Å². The zero-order chi connectivity index (χ0) is 13.2. The lowest BCUT2D eigenvalue weighted by molar-refractivity contribution is 0.456. The zero-order valence-corrected chi connectivity index (χ0v) is 13.3. The highest BCUT2D eigenvalue weighted by atomic mass is 79.9. The molecule has 0 aliphatic rings. The molecular weight excluding hydrogens is 286 g/mol. The van der Waals surface area contributed by atoms with E-state index in [0.29, 0.717) is 6.04 Å². The topological polar surface area (TPSA) is 12.0 Å². The van der Waals surface area contributed by atoms with Gasteiger partial charge in [0.25, 0.3) is 0 Å². The smallest absolute Gasteiger partial charge is 0.0175 e. The lowest BCUT2D eigenvalue weighted by atomic mass is 10.0. The van der Waals surface area contributed by atoms with Crippen LogP contribution in [-0.4, -0.2) is 12.6 Å². The summed E-state index contributed by atoms with van der Waals surface area (Å²) in [6, 6.07) is 9.36. The molecule has 0 spiro atoms. The Morgan fingerprint density at radius 3 is 2.39 bits per heavy atom. The number of nitrogens with one attached hydrogen (secondary N) is 1. The summed E-state index contributed by atoms with van der Waals surface area (Å²) in [5.41, 5.74) is 1.43. The van der Waals surface area contributed by atoms with Crippen LogP contribution in [0.1, 0.15) is 51.5 Å². The lowest BCUT2D eigenvalue weighted by Gasteiger charge is -2.18. The molecule has 18 heavy (non-hydrogen) atoms. The van der Waals surface area contributed by atoms with Crippen LogP contribution in [0.4, 0.5) is 0 Å². The summed E-state index contributed by atoms with van der Waals surface area (Å²) in [6.07, 6.45) is 7.66. The average Bonchev–Trinajstić information content (AvgIpc) is 2.38. The van der Waals surface area contributed by atoms with Gasteiger partial charge in [0, 0.05) is 10.5 Å². The van der Waals surface area contributed by atoms with E-state index in [2.05, 4.69) is 59.4 Å². The van der Waals surface area contributed by atoms with Crippen LogP contribution >= 0.6 is 15.9 Å². The van der Waals surface area contributed by atoms with Crippen LogP contribution in [0.5, 0.6) is 0 Å². The van der Waals surface area contributed by atoms with E-state index >= 15 is 0 Å². The highest BCUT2D eigenvalue weighted by Gasteiger charge is 2.08. The highest BCUT2D eigenvalue weighted by Crippen LogP contribution is 2.14. The molecule has 1 unspecified atom stereocenters. The second-order valence-electron chi connectivity index (χ2n) is 4.98. The molecule has 1 N–H and O–H groups in total. The van der Waals surface area contributed by atoms with Gasteiger partial charge < -0.3 is 5.32 Å². The van der Waals surface area contributed by atoms with Crippen molar-refractivity contribution in [3.05, 3.63) is 34.3 Å². The first-order chi connectivity index (χ1) is 8.76. The molecular formula is C16H26BrN. The normalized spacial score (nSPS) is 12.6. The van der Waals surface area contributed by atoms with Crippen LogP contribution in [0.25, 0.3) is 0 Å². The fourth-order valence-corrected chi connectivity index (χ4v) is 2.43. The SMILES string of the molecule is CCCCCC(Cc1ccc(Br)cc1)NCCC. The van der Waals surface area contributed by atoms with Gasteiger partial charge in [-0.25, -0.2) is 0 Å². The summed E-state index contributed by atoms with van der Waals surface area (Å²) in [4.78, 5) is 0. The molecule has 0 bridgehead atoms. The molecule has 1 aromatic carbocycles. The largest absolute Gasteiger partial charge is 0.314 e. The summed E-state index contributed by atoms with van der Waals surface area (Å²) < 4.78 is 1.16. The quantitative estimate of drug-likeness (QED) is 0.637. The summed E-state index contributed by atoms with van der Waals surface area (Å²) in [5, 5.41) is 3.68. The summed E-state index contributed by atoms with van der Waals surface area (Å²) in [7, 11) is 0. The lowest BCUT2D eigenvalue weighted by Crippen LogP contribution is -2.31. The molecule has 1 nitrogen and oxygen atoms in total. The number of hydrogen-bond acceptors (Lipinski definition) is 1. The van der Waals surface area contributed by atoms with Crippen molar-refractivity contribution >= 4 is 15.9 Å². The van der Waals surface area contributed by atoms with Crippen LogP contribution < -0.4 is 5.32 Å². The van der Waals surface area contributed by atoms with Crippen molar-refractivity contribution in [3.8, 4) is 0 Å². The van der Waals surface area contributed by atoms with Crippen LogP contribution in [0.2, 0.25) is 0 Å². The minimum Gasteiger partial charge on any atom is -0.314 e. The van der Waals surface area contributed by atoms with E-state index < -0.39 is 0 Å². The third kappa shape index (κ3) is 6.55. The first kappa shape index (κ1) is 15.7. The van der Waals surface area contributed by atoms with E-state index in [9.17, 15) is 0 Å². The first-order valence-corrected chi connectivity index (χ1v) is 8.03. The van der Waals surface area contributed by atoms with Gasteiger partial charge in [-0.1, -0.05) is 61.2 Å². The number of halogens is 1. The van der Waals surface area contributed by atoms with E-state index in [-0.39, 0.29) is 0 Å². The molecule has 102 valence electrons. The van der Waals surface area contributed by atoms with Crippen molar-refractivity contribution in [2.45, 2.75) is 58.4 Å². The summed E-state index contributed by atoms with van der Waals surface area (Å²) in [6.45, 7) is 5.63. The Morgan fingerprint density at radius 1 is 1.06 bits per heavy atom. The number of unbranched alkanes of at least 4 members (excludes halogenated alkanes) is 2. The number of benzene rings is 1. The predicted octanol–water partition coefficient (Wildman–Crippen LogP) is 4.94. The standard InChI is InChI=1S/C16H26BrN/c1-3-5-6-7-16(18-12-4-2)13-14-8-10-15(17)11-9-14/h8-11,16,18H,3-7,12-13H2,1-2H3. The number of hydrogen-bond donors (Lipinski definition) is 1. The summed E-state index contributed by atoms with van der Waals surface area (Å²) in [5.74, 6) is 0. The Labute approximate surface area is 120 Å². The number of rotatable bonds is 9. The van der Waals surface area contributed by atoms with Crippen molar-refractivity contribution in [2.75, 3.05) is 6.54 Å². The van der Waals surface area contributed by atoms with E-state index in [1.165, 1.54) is 37.7 Å². The van der Waals surface area contributed by atoms with E-state index in [4.69, 9.17) is 0 Å². The maximum absolute atomic E-state index is 3.68. The molecule has 1 aromatic rings. The van der Waals surface area contributed by atoms with Gasteiger partial charge in [0.15, 0.2) is 0 Å². The molecule has 2 heteroatoms. The van der Waals surface area contributed by atoms with Crippen LogP contribution in [0, 0.1) is 0 Å². The molecule has 0 amide bonds. The fraction of sp³-hybridized carbons (Fsp3) is 0.625. The third-order valence-corrected chi connectivity index (χ3v) is 3.76. The van der Waals surface area contributed by atoms with Gasteiger partial charge >= 0.3 is 0 Å². The molecule has 0 aliphatic carbocycles. The van der Waals surface area contributed by atoms with Crippen molar-refractivity contribution in [1.82, 2.24) is 5.32 Å². The Balaban J connectivity index is 2.45. The zero-order valence-electron chi connectivity index (χ0n) is 11.7. The maximum atomic E-state index is 3.68. The monoisotopic (exact) mass is 311 g/mol. The molecule has 0 heterocycles. The Hall–Kier alpha value is -0.340. The van der Waals surface area contributed by atoms with Gasteiger partial charge in [-0.2, -0.15) is 0 Å². The maximum Gasteiger partial charge on any atom is 0.0175 e. The van der Waals surface area contributed by atoms with Gasteiger partial charge in [-0.05, 0) is 43.5 Å². The van der Waals surface area contributed by atoms with Crippen LogP contribution in [-0.2, 0) is 6.42 Å². The molecule has 0 aromatic heterocycles. The molecule has 1 rings (SSSR count). The van der Waals surface area contributed by atoms with Crippen LogP contribution in [0.3, 0.4) is 0 Å². The van der Waals surface area contributed by atoms with Gasteiger partial charge in [0.1, 0.15) is 0 Å².